The largest absolute Gasteiger partial charge is 0.352 e. The third kappa shape index (κ3) is 5.23. The molecule has 0 aliphatic heterocycles. The average molecular weight is 405 g/mol. The van der Waals surface area contributed by atoms with Gasteiger partial charge in [-0.1, -0.05) is 68.0 Å². The zero-order chi connectivity index (χ0) is 19.4. The number of amides is 1. The number of nitrogens with zero attached hydrogens (tertiary/aromatic N) is 2. The molecular formula is C20H28N4OS2. The Hall–Kier alpha value is -1.60. The summed E-state index contributed by atoms with van der Waals surface area (Å²) >= 11 is 2.95. The van der Waals surface area contributed by atoms with E-state index in [0.717, 1.165) is 27.1 Å². The van der Waals surface area contributed by atoms with Gasteiger partial charge >= 0.3 is 0 Å². The van der Waals surface area contributed by atoms with Crippen LogP contribution in [0.3, 0.4) is 0 Å². The van der Waals surface area contributed by atoms with Crippen LogP contribution in [-0.4, -0.2) is 27.4 Å². The summed E-state index contributed by atoms with van der Waals surface area (Å²) in [6.07, 6.45) is 3.54. The number of carbonyl (C=O) groups is 1. The Morgan fingerprint density at radius 1 is 1.26 bits per heavy atom. The van der Waals surface area contributed by atoms with Crippen molar-refractivity contribution in [2.24, 2.45) is 11.8 Å². The third-order valence-corrected chi connectivity index (χ3v) is 7.50. The van der Waals surface area contributed by atoms with Crippen molar-refractivity contribution >= 4 is 39.8 Å². The standard InChI is InChI=1S/C20H28N4OS2/c1-12-9-7-11-17(14(12)3)21-18(25)15(4)26-20-24-23-19(27-20)22-16-10-6-5-8-13(16)2/h5-6,8,10,12,14-15,17H,7,9,11H2,1-4H3,(H,21,25)(H,22,23)/t12-,14+,15-,17-/m1/s1. The van der Waals surface area contributed by atoms with Gasteiger partial charge in [0, 0.05) is 11.7 Å². The molecule has 3 rings (SSSR count). The smallest absolute Gasteiger partial charge is 0.233 e. The molecule has 2 N–H and O–H groups in total. The van der Waals surface area contributed by atoms with Crippen LogP contribution in [0.1, 0.15) is 45.6 Å². The first kappa shape index (κ1) is 20.1. The van der Waals surface area contributed by atoms with Gasteiger partial charge in [-0.2, -0.15) is 0 Å². The first-order valence-corrected chi connectivity index (χ1v) is 11.3. The highest BCUT2D eigenvalue weighted by Gasteiger charge is 2.29. The number of para-hydroxylation sites is 1. The number of hydrogen-bond donors (Lipinski definition) is 2. The van der Waals surface area contributed by atoms with E-state index < -0.39 is 0 Å². The van der Waals surface area contributed by atoms with Crippen molar-refractivity contribution in [1.82, 2.24) is 15.5 Å². The third-order valence-electron chi connectivity index (χ3n) is 5.47. The van der Waals surface area contributed by atoms with E-state index in [1.165, 1.54) is 35.9 Å². The number of aromatic nitrogens is 2. The molecule has 0 saturated heterocycles. The fourth-order valence-electron chi connectivity index (χ4n) is 3.43. The predicted octanol–water partition coefficient (Wildman–Crippen LogP) is 5.01. The summed E-state index contributed by atoms with van der Waals surface area (Å²) in [6.45, 7) is 8.53. The van der Waals surface area contributed by atoms with Gasteiger partial charge in [-0.05, 0) is 43.7 Å². The Kier molecular flexibility index (Phi) is 6.76. The van der Waals surface area contributed by atoms with E-state index in [9.17, 15) is 4.79 Å². The van der Waals surface area contributed by atoms with Crippen LogP contribution in [0, 0.1) is 18.8 Å². The van der Waals surface area contributed by atoms with Gasteiger partial charge in [0.15, 0.2) is 4.34 Å². The molecule has 1 fully saturated rings. The summed E-state index contributed by atoms with van der Waals surface area (Å²) in [5.41, 5.74) is 2.18. The van der Waals surface area contributed by atoms with Crippen molar-refractivity contribution in [1.29, 1.82) is 0 Å². The van der Waals surface area contributed by atoms with Crippen molar-refractivity contribution in [2.45, 2.75) is 62.6 Å². The number of hydrogen-bond acceptors (Lipinski definition) is 6. The quantitative estimate of drug-likeness (QED) is 0.662. The average Bonchev–Trinajstić information content (AvgIpc) is 3.08. The topological polar surface area (TPSA) is 66.9 Å². The van der Waals surface area contributed by atoms with Gasteiger partial charge in [0.2, 0.25) is 11.0 Å². The molecule has 0 bridgehead atoms. The molecule has 1 aromatic carbocycles. The van der Waals surface area contributed by atoms with Gasteiger partial charge in [-0.15, -0.1) is 10.2 Å². The zero-order valence-electron chi connectivity index (χ0n) is 16.4. The molecule has 1 amide bonds. The number of aryl methyl sites for hydroxylation is 1. The molecule has 1 saturated carbocycles. The van der Waals surface area contributed by atoms with Gasteiger partial charge in [-0.3, -0.25) is 4.79 Å². The van der Waals surface area contributed by atoms with Gasteiger partial charge in [-0.25, -0.2) is 0 Å². The lowest BCUT2D eigenvalue weighted by Crippen LogP contribution is -2.46. The van der Waals surface area contributed by atoms with Crippen LogP contribution in [0.2, 0.25) is 0 Å². The summed E-state index contributed by atoms with van der Waals surface area (Å²) in [6, 6.07) is 8.36. The molecule has 4 atom stereocenters. The fraction of sp³-hybridized carbons (Fsp3) is 0.550. The van der Waals surface area contributed by atoms with Crippen LogP contribution in [0.4, 0.5) is 10.8 Å². The number of carbonyl (C=O) groups excluding carboxylic acids is 1. The maximum atomic E-state index is 12.6. The molecule has 1 aliphatic rings. The van der Waals surface area contributed by atoms with Gasteiger partial charge < -0.3 is 10.6 Å². The molecular weight excluding hydrogens is 376 g/mol. The fourth-order valence-corrected chi connectivity index (χ4v) is 5.34. The summed E-state index contributed by atoms with van der Waals surface area (Å²) in [7, 11) is 0. The van der Waals surface area contributed by atoms with Gasteiger partial charge in [0.05, 0.1) is 5.25 Å². The van der Waals surface area contributed by atoms with E-state index in [2.05, 4.69) is 47.7 Å². The normalized spacial score (nSPS) is 23.6. The summed E-state index contributed by atoms with van der Waals surface area (Å²) in [5, 5.41) is 15.5. The summed E-state index contributed by atoms with van der Waals surface area (Å²) in [5.74, 6) is 1.30. The predicted molar refractivity (Wildman–Crippen MR) is 114 cm³/mol. The maximum Gasteiger partial charge on any atom is 0.233 e. The number of nitrogens with one attached hydrogen (secondary N) is 2. The Morgan fingerprint density at radius 3 is 2.81 bits per heavy atom. The monoisotopic (exact) mass is 404 g/mol. The summed E-state index contributed by atoms with van der Waals surface area (Å²) in [4.78, 5) is 12.6. The minimum atomic E-state index is -0.186. The molecule has 0 radical (unpaired) electrons. The lowest BCUT2D eigenvalue weighted by atomic mass is 9.78. The molecule has 2 aromatic rings. The Labute approximate surface area is 169 Å². The second-order valence-electron chi connectivity index (χ2n) is 7.46. The van der Waals surface area contributed by atoms with Crippen LogP contribution in [0.5, 0.6) is 0 Å². The highest BCUT2D eigenvalue weighted by Crippen LogP contribution is 2.32. The number of rotatable bonds is 6. The molecule has 1 aliphatic carbocycles. The molecule has 27 heavy (non-hydrogen) atoms. The van der Waals surface area contributed by atoms with Crippen LogP contribution in [0.25, 0.3) is 0 Å². The number of thioether (sulfide) groups is 1. The molecule has 1 heterocycles. The van der Waals surface area contributed by atoms with E-state index in [4.69, 9.17) is 0 Å². The minimum Gasteiger partial charge on any atom is -0.352 e. The van der Waals surface area contributed by atoms with E-state index >= 15 is 0 Å². The van der Waals surface area contributed by atoms with Crippen LogP contribution in [0.15, 0.2) is 28.6 Å². The highest BCUT2D eigenvalue weighted by atomic mass is 32.2. The highest BCUT2D eigenvalue weighted by molar-refractivity contribution is 8.02. The Bertz CT molecular complexity index is 779. The Morgan fingerprint density at radius 2 is 2.04 bits per heavy atom. The van der Waals surface area contributed by atoms with Crippen molar-refractivity contribution in [3.8, 4) is 0 Å². The second-order valence-corrected chi connectivity index (χ2v) is 10.0. The van der Waals surface area contributed by atoms with E-state index in [0.29, 0.717) is 11.8 Å². The first-order chi connectivity index (χ1) is 12.9. The number of anilines is 2. The molecule has 146 valence electrons. The maximum absolute atomic E-state index is 12.6. The second kappa shape index (κ2) is 9.06. The Balaban J connectivity index is 1.55. The van der Waals surface area contributed by atoms with Gasteiger partial charge in [0.25, 0.3) is 0 Å². The SMILES string of the molecule is Cc1ccccc1Nc1nnc(S[C@H](C)C(=O)N[C@@H]2CCC[C@@H](C)[C@@H]2C)s1. The van der Waals surface area contributed by atoms with E-state index in [1.54, 1.807) is 0 Å². The van der Waals surface area contributed by atoms with E-state index in [-0.39, 0.29) is 17.2 Å². The summed E-state index contributed by atoms with van der Waals surface area (Å²) < 4.78 is 0.804. The van der Waals surface area contributed by atoms with Crippen molar-refractivity contribution in [3.05, 3.63) is 29.8 Å². The molecule has 1 aromatic heterocycles. The minimum absolute atomic E-state index is 0.0922. The first-order valence-electron chi connectivity index (χ1n) is 9.57. The lowest BCUT2D eigenvalue weighted by Gasteiger charge is -2.35. The number of benzene rings is 1. The van der Waals surface area contributed by atoms with Crippen LogP contribution >= 0.6 is 23.1 Å². The van der Waals surface area contributed by atoms with Gasteiger partial charge in [0.1, 0.15) is 0 Å². The zero-order valence-corrected chi connectivity index (χ0v) is 18.0. The van der Waals surface area contributed by atoms with E-state index in [1.807, 2.05) is 25.1 Å². The van der Waals surface area contributed by atoms with Crippen molar-refractivity contribution in [3.63, 3.8) is 0 Å². The van der Waals surface area contributed by atoms with Crippen LogP contribution in [-0.2, 0) is 4.79 Å². The van der Waals surface area contributed by atoms with Crippen LogP contribution < -0.4 is 10.6 Å². The molecule has 5 nitrogen and oxygen atoms in total. The van der Waals surface area contributed by atoms with Crippen molar-refractivity contribution in [2.75, 3.05) is 5.32 Å². The molecule has 0 unspecified atom stereocenters. The lowest BCUT2D eigenvalue weighted by molar-refractivity contribution is -0.121. The molecule has 0 spiro atoms. The van der Waals surface area contributed by atoms with Crippen molar-refractivity contribution < 1.29 is 4.79 Å². The molecule has 7 heteroatoms.